The molecule has 0 aromatic heterocycles. The summed E-state index contributed by atoms with van der Waals surface area (Å²) in [5, 5.41) is 2.98. The number of benzene rings is 1. The first-order valence-corrected chi connectivity index (χ1v) is 6.16. The lowest BCUT2D eigenvalue weighted by Gasteiger charge is -2.28. The Morgan fingerprint density at radius 2 is 1.83 bits per heavy atom. The molecule has 0 bridgehead atoms. The van der Waals surface area contributed by atoms with Crippen LogP contribution in [0.25, 0.3) is 0 Å². The van der Waals surface area contributed by atoms with Gasteiger partial charge in [-0.25, -0.2) is 0 Å². The topological polar surface area (TPSA) is 55.1 Å². The van der Waals surface area contributed by atoms with Crippen LogP contribution < -0.4 is 11.1 Å². The van der Waals surface area contributed by atoms with Gasteiger partial charge >= 0.3 is 0 Å². The normalized spacial score (nSPS) is 10.7. The number of nitrogens with two attached hydrogens (primary N) is 1. The fourth-order valence-corrected chi connectivity index (χ4v) is 1.92. The first-order chi connectivity index (χ1) is 8.09. The van der Waals surface area contributed by atoms with Gasteiger partial charge in [0.25, 0.3) is 0 Å². The number of hydrogen-bond acceptors (Lipinski definition) is 2. The molecule has 0 fully saturated rings. The highest BCUT2D eigenvalue weighted by Crippen LogP contribution is 2.27. The Hall–Kier alpha value is -1.06. The summed E-state index contributed by atoms with van der Waals surface area (Å²) >= 11 is 0. The minimum Gasteiger partial charge on any atom is -0.329 e. The van der Waals surface area contributed by atoms with E-state index >= 15 is 0 Å². The maximum Gasteiger partial charge on any atom is 0.231 e. The van der Waals surface area contributed by atoms with Crippen LogP contribution in [0.1, 0.15) is 32.3 Å². The van der Waals surface area contributed by atoms with Crippen molar-refractivity contribution in [3.8, 4) is 0 Å². The van der Waals surface area contributed by atoms with Crippen LogP contribution in [0.3, 0.4) is 0 Å². The molecule has 0 atom stereocenters. The van der Waals surface area contributed by atoms with Crippen molar-refractivity contribution in [1.29, 1.82) is 0 Å². The van der Waals surface area contributed by atoms with E-state index < -0.39 is 5.41 Å². The summed E-state index contributed by atoms with van der Waals surface area (Å²) in [6.45, 7) is 6.39. The van der Waals surface area contributed by atoms with Gasteiger partial charge in [-0.3, -0.25) is 4.79 Å². The van der Waals surface area contributed by atoms with E-state index in [9.17, 15) is 4.79 Å². The molecule has 0 radical (unpaired) electrons. The van der Waals surface area contributed by atoms with Crippen LogP contribution in [-0.4, -0.2) is 12.5 Å². The van der Waals surface area contributed by atoms with Gasteiger partial charge in [0.2, 0.25) is 5.91 Å². The van der Waals surface area contributed by atoms with E-state index in [-0.39, 0.29) is 18.3 Å². The highest BCUT2D eigenvalue weighted by molar-refractivity contribution is 5.96. The molecule has 3 nitrogen and oxygen atoms in total. The summed E-state index contributed by atoms with van der Waals surface area (Å²) < 4.78 is 0. The quantitative estimate of drug-likeness (QED) is 0.864. The fourth-order valence-electron chi connectivity index (χ4n) is 1.92. The number of rotatable bonds is 5. The van der Waals surface area contributed by atoms with E-state index in [1.165, 1.54) is 0 Å². The number of aryl methyl sites for hydroxylation is 1. The number of para-hydroxylation sites is 1. The van der Waals surface area contributed by atoms with E-state index in [1.54, 1.807) is 0 Å². The van der Waals surface area contributed by atoms with Crippen LogP contribution in [0, 0.1) is 12.3 Å². The molecule has 4 heteroatoms. The average Bonchev–Trinajstić information content (AvgIpc) is 2.35. The van der Waals surface area contributed by atoms with Crippen LogP contribution in [-0.2, 0) is 4.79 Å². The second-order valence-electron chi connectivity index (χ2n) is 4.46. The minimum absolute atomic E-state index is 0. The maximum atomic E-state index is 12.3. The third-order valence-electron chi connectivity index (χ3n) is 3.62. The largest absolute Gasteiger partial charge is 0.329 e. The summed E-state index contributed by atoms with van der Waals surface area (Å²) in [4.78, 5) is 12.3. The van der Waals surface area contributed by atoms with Gasteiger partial charge in [0.15, 0.2) is 0 Å². The standard InChI is InChI=1S/C14H22N2O.ClH/c1-4-14(5-2,10-15)13(17)16-12-9-7-6-8-11(12)3;/h6-9H,4-5,10,15H2,1-3H3,(H,16,17);1H. The second kappa shape index (κ2) is 7.39. The van der Waals surface area contributed by atoms with Gasteiger partial charge in [0.05, 0.1) is 5.41 Å². The van der Waals surface area contributed by atoms with Crippen molar-refractivity contribution < 1.29 is 4.79 Å². The zero-order valence-corrected chi connectivity index (χ0v) is 12.1. The van der Waals surface area contributed by atoms with Gasteiger partial charge in [-0.1, -0.05) is 32.0 Å². The highest BCUT2D eigenvalue weighted by Gasteiger charge is 2.33. The summed E-state index contributed by atoms with van der Waals surface area (Å²) in [7, 11) is 0. The molecule has 3 N–H and O–H groups in total. The average molecular weight is 271 g/mol. The first-order valence-electron chi connectivity index (χ1n) is 6.16. The van der Waals surface area contributed by atoms with E-state index in [2.05, 4.69) is 5.32 Å². The van der Waals surface area contributed by atoms with E-state index in [4.69, 9.17) is 5.73 Å². The Bertz CT molecular complexity index is 381. The van der Waals surface area contributed by atoms with Crippen molar-refractivity contribution in [2.24, 2.45) is 11.1 Å². The molecule has 0 saturated heterocycles. The van der Waals surface area contributed by atoms with Gasteiger partial charge in [-0.2, -0.15) is 0 Å². The lowest BCUT2D eigenvalue weighted by atomic mass is 9.81. The van der Waals surface area contributed by atoms with E-state index in [0.29, 0.717) is 6.54 Å². The number of carbonyl (C=O) groups is 1. The van der Waals surface area contributed by atoms with Gasteiger partial charge < -0.3 is 11.1 Å². The maximum absolute atomic E-state index is 12.3. The summed E-state index contributed by atoms with van der Waals surface area (Å²) in [5.41, 5.74) is 7.26. The summed E-state index contributed by atoms with van der Waals surface area (Å²) in [5.74, 6) is 0.0271. The predicted octanol–water partition coefficient (Wildman–Crippen LogP) is 3.12. The van der Waals surface area contributed by atoms with Crippen LogP contribution in [0.2, 0.25) is 0 Å². The molecular formula is C14H23ClN2O. The Balaban J connectivity index is 0.00000289. The molecule has 0 aliphatic rings. The lowest BCUT2D eigenvalue weighted by Crippen LogP contribution is -2.41. The van der Waals surface area contributed by atoms with Crippen molar-refractivity contribution in [3.05, 3.63) is 29.8 Å². The fraction of sp³-hybridized carbons (Fsp3) is 0.500. The molecule has 0 aliphatic heterocycles. The molecule has 18 heavy (non-hydrogen) atoms. The number of halogens is 1. The van der Waals surface area contributed by atoms with Crippen LogP contribution in [0.5, 0.6) is 0 Å². The number of amides is 1. The Morgan fingerprint density at radius 1 is 1.28 bits per heavy atom. The number of anilines is 1. The Kier molecular flexibility index (Phi) is 6.96. The zero-order valence-electron chi connectivity index (χ0n) is 11.3. The Labute approximate surface area is 116 Å². The summed E-state index contributed by atoms with van der Waals surface area (Å²) in [6, 6.07) is 7.78. The van der Waals surface area contributed by atoms with Crippen molar-refractivity contribution in [1.82, 2.24) is 0 Å². The first kappa shape index (κ1) is 16.9. The third-order valence-corrected chi connectivity index (χ3v) is 3.62. The molecule has 0 unspecified atom stereocenters. The van der Waals surface area contributed by atoms with Crippen molar-refractivity contribution >= 4 is 24.0 Å². The van der Waals surface area contributed by atoms with E-state index in [0.717, 1.165) is 24.1 Å². The Morgan fingerprint density at radius 3 is 2.28 bits per heavy atom. The smallest absolute Gasteiger partial charge is 0.231 e. The molecule has 0 saturated carbocycles. The SMILES string of the molecule is CCC(CC)(CN)C(=O)Nc1ccccc1C.Cl. The molecule has 0 aliphatic carbocycles. The molecule has 1 aromatic carbocycles. The molecule has 102 valence electrons. The number of hydrogen-bond donors (Lipinski definition) is 2. The number of carbonyl (C=O) groups excluding carboxylic acids is 1. The molecular weight excluding hydrogens is 248 g/mol. The zero-order chi connectivity index (χ0) is 12.9. The molecule has 0 spiro atoms. The van der Waals surface area contributed by atoms with Crippen LogP contribution in [0.4, 0.5) is 5.69 Å². The minimum atomic E-state index is -0.442. The van der Waals surface area contributed by atoms with Crippen molar-refractivity contribution in [2.75, 3.05) is 11.9 Å². The third kappa shape index (κ3) is 3.47. The molecule has 1 amide bonds. The predicted molar refractivity (Wildman–Crippen MR) is 79.1 cm³/mol. The van der Waals surface area contributed by atoms with Gasteiger partial charge in [0, 0.05) is 12.2 Å². The lowest BCUT2D eigenvalue weighted by molar-refractivity contribution is -0.125. The monoisotopic (exact) mass is 270 g/mol. The van der Waals surface area contributed by atoms with E-state index in [1.807, 2.05) is 45.0 Å². The molecule has 1 rings (SSSR count). The molecule has 0 heterocycles. The van der Waals surface area contributed by atoms with Crippen LogP contribution >= 0.6 is 12.4 Å². The van der Waals surface area contributed by atoms with Crippen molar-refractivity contribution in [2.45, 2.75) is 33.6 Å². The highest BCUT2D eigenvalue weighted by atomic mass is 35.5. The summed E-state index contributed by atoms with van der Waals surface area (Å²) in [6.07, 6.45) is 1.52. The van der Waals surface area contributed by atoms with Crippen LogP contribution in [0.15, 0.2) is 24.3 Å². The second-order valence-corrected chi connectivity index (χ2v) is 4.46. The van der Waals surface area contributed by atoms with Gasteiger partial charge in [-0.15, -0.1) is 12.4 Å². The number of nitrogens with one attached hydrogen (secondary N) is 1. The van der Waals surface area contributed by atoms with Gasteiger partial charge in [0.1, 0.15) is 0 Å². The van der Waals surface area contributed by atoms with Crippen molar-refractivity contribution in [3.63, 3.8) is 0 Å². The molecule has 1 aromatic rings. The van der Waals surface area contributed by atoms with Gasteiger partial charge in [-0.05, 0) is 31.4 Å².